The molecule has 1 aliphatic carbocycles. The summed E-state index contributed by atoms with van der Waals surface area (Å²) in [7, 11) is 6.92. The van der Waals surface area contributed by atoms with Crippen molar-refractivity contribution in [3.05, 3.63) is 0 Å². The molecule has 21 heavy (non-hydrogen) atoms. The van der Waals surface area contributed by atoms with Crippen molar-refractivity contribution in [3.63, 3.8) is 0 Å². The van der Waals surface area contributed by atoms with Crippen molar-refractivity contribution in [3.8, 4) is 0 Å². The van der Waals surface area contributed by atoms with Crippen LogP contribution in [0.5, 0.6) is 0 Å². The van der Waals surface area contributed by atoms with Crippen molar-refractivity contribution in [1.29, 1.82) is 0 Å². The van der Waals surface area contributed by atoms with Crippen LogP contribution in [0.25, 0.3) is 0 Å². The first-order chi connectivity index (χ1) is 10.00. The number of nitrogens with zero attached hydrogens (tertiary/aromatic N) is 2. The summed E-state index contributed by atoms with van der Waals surface area (Å²) < 4.78 is 0. The molecule has 122 valence electrons. The van der Waals surface area contributed by atoms with Gasteiger partial charge in [0.1, 0.15) is 0 Å². The Kier molecular flexibility index (Phi) is 4.63. The molecular formula is C18H35N3. The van der Waals surface area contributed by atoms with Gasteiger partial charge in [0.25, 0.3) is 0 Å². The highest BCUT2D eigenvalue weighted by atomic mass is 15.2. The van der Waals surface area contributed by atoms with Gasteiger partial charge < -0.3 is 15.1 Å². The molecule has 2 aliphatic heterocycles. The molecule has 0 amide bonds. The Morgan fingerprint density at radius 2 is 1.81 bits per heavy atom. The fraction of sp³-hybridized carbons (Fsp3) is 1.00. The number of fused-ring (bicyclic) bond motifs is 2. The molecule has 2 saturated heterocycles. The van der Waals surface area contributed by atoms with Crippen LogP contribution in [-0.2, 0) is 0 Å². The third-order valence-corrected chi connectivity index (χ3v) is 6.83. The summed E-state index contributed by atoms with van der Waals surface area (Å²) >= 11 is 0. The number of piperidine rings is 1. The first-order valence-electron chi connectivity index (χ1n) is 9.13. The van der Waals surface area contributed by atoms with Gasteiger partial charge in [0.2, 0.25) is 0 Å². The second kappa shape index (κ2) is 6.17. The van der Waals surface area contributed by atoms with Gasteiger partial charge in [-0.15, -0.1) is 0 Å². The third-order valence-electron chi connectivity index (χ3n) is 6.83. The Hall–Kier alpha value is -0.120. The second-order valence-electron chi connectivity index (χ2n) is 8.42. The Balaban J connectivity index is 1.58. The highest BCUT2D eigenvalue weighted by molar-refractivity contribution is 4.99. The number of nitrogens with one attached hydrogen (secondary N) is 1. The predicted molar refractivity (Wildman–Crippen MR) is 89.6 cm³/mol. The van der Waals surface area contributed by atoms with Crippen LogP contribution in [0.3, 0.4) is 0 Å². The lowest BCUT2D eigenvalue weighted by atomic mass is 9.75. The summed E-state index contributed by atoms with van der Waals surface area (Å²) in [5, 5.41) is 3.99. The molecule has 3 aliphatic rings. The smallest absolute Gasteiger partial charge is 0.0330 e. The molecule has 0 aromatic carbocycles. The van der Waals surface area contributed by atoms with Gasteiger partial charge in [-0.25, -0.2) is 0 Å². The van der Waals surface area contributed by atoms with E-state index in [1.807, 2.05) is 0 Å². The molecule has 3 heteroatoms. The monoisotopic (exact) mass is 293 g/mol. The lowest BCUT2D eigenvalue weighted by Crippen LogP contribution is -2.57. The van der Waals surface area contributed by atoms with Crippen molar-refractivity contribution in [2.24, 2.45) is 5.92 Å². The lowest BCUT2D eigenvalue weighted by molar-refractivity contribution is 0.0645. The highest BCUT2D eigenvalue weighted by Gasteiger charge is 2.41. The van der Waals surface area contributed by atoms with Crippen molar-refractivity contribution in [2.45, 2.75) is 82.0 Å². The van der Waals surface area contributed by atoms with Crippen LogP contribution in [0.2, 0.25) is 0 Å². The fourth-order valence-corrected chi connectivity index (χ4v) is 5.27. The maximum Gasteiger partial charge on any atom is 0.0330 e. The van der Waals surface area contributed by atoms with Gasteiger partial charge in [-0.05, 0) is 65.6 Å². The molecule has 3 rings (SSSR count). The molecule has 2 bridgehead atoms. The quantitative estimate of drug-likeness (QED) is 0.860. The van der Waals surface area contributed by atoms with Crippen molar-refractivity contribution < 1.29 is 0 Å². The van der Waals surface area contributed by atoms with E-state index in [4.69, 9.17) is 0 Å². The summed E-state index contributed by atoms with van der Waals surface area (Å²) in [4.78, 5) is 5.15. The normalized spacial score (nSPS) is 44.4. The minimum absolute atomic E-state index is 0.403. The summed E-state index contributed by atoms with van der Waals surface area (Å²) in [6.07, 6.45) is 11.2. The molecule has 0 radical (unpaired) electrons. The largest absolute Gasteiger partial charge is 0.312 e. The van der Waals surface area contributed by atoms with Crippen LogP contribution in [0.4, 0.5) is 0 Å². The van der Waals surface area contributed by atoms with Gasteiger partial charge in [0, 0.05) is 30.2 Å². The van der Waals surface area contributed by atoms with E-state index in [-0.39, 0.29) is 0 Å². The molecule has 1 N–H and O–H groups in total. The number of hydrogen-bond acceptors (Lipinski definition) is 3. The van der Waals surface area contributed by atoms with Gasteiger partial charge in [0.15, 0.2) is 0 Å². The topological polar surface area (TPSA) is 18.5 Å². The maximum atomic E-state index is 3.99. The molecule has 4 unspecified atom stereocenters. The Morgan fingerprint density at radius 3 is 2.38 bits per heavy atom. The predicted octanol–water partition coefficient (Wildman–Crippen LogP) is 2.71. The van der Waals surface area contributed by atoms with E-state index in [9.17, 15) is 0 Å². The molecular weight excluding hydrogens is 258 g/mol. The average Bonchev–Trinajstić information content (AvgIpc) is 2.67. The van der Waals surface area contributed by atoms with Crippen molar-refractivity contribution >= 4 is 0 Å². The van der Waals surface area contributed by atoms with Crippen molar-refractivity contribution in [1.82, 2.24) is 15.1 Å². The summed E-state index contributed by atoms with van der Waals surface area (Å²) in [6, 6.07) is 2.46. The second-order valence-corrected chi connectivity index (χ2v) is 8.42. The van der Waals surface area contributed by atoms with E-state index in [0.717, 1.165) is 24.0 Å². The molecule has 3 fully saturated rings. The summed E-state index contributed by atoms with van der Waals surface area (Å²) in [5.74, 6) is 0.886. The molecule has 1 saturated carbocycles. The van der Waals surface area contributed by atoms with E-state index in [1.165, 1.54) is 57.9 Å². The van der Waals surface area contributed by atoms with Gasteiger partial charge in [-0.1, -0.05) is 19.8 Å². The number of rotatable bonds is 4. The Bertz CT molecular complexity index is 342. The van der Waals surface area contributed by atoms with E-state index in [2.05, 4.69) is 43.2 Å². The maximum absolute atomic E-state index is 3.99. The standard InChI is InChI=1S/C18H35N3/c1-14-6-5-9-18(12-14,20(2)3)13-19-15-10-16-7-8-17(11-15)21(16)4/h14-17,19H,5-13H2,1-4H3. The molecule has 0 aromatic rings. The Labute approximate surface area is 131 Å². The van der Waals surface area contributed by atoms with Crippen LogP contribution in [0.15, 0.2) is 0 Å². The molecule has 2 heterocycles. The van der Waals surface area contributed by atoms with Gasteiger partial charge >= 0.3 is 0 Å². The van der Waals surface area contributed by atoms with E-state index < -0.39 is 0 Å². The number of likely N-dealkylation sites (N-methyl/N-ethyl adjacent to an activating group) is 1. The van der Waals surface area contributed by atoms with Crippen LogP contribution in [0.1, 0.15) is 58.3 Å². The van der Waals surface area contributed by atoms with Gasteiger partial charge in [-0.2, -0.15) is 0 Å². The van der Waals surface area contributed by atoms with Crippen LogP contribution in [-0.4, -0.2) is 61.2 Å². The average molecular weight is 293 g/mol. The third kappa shape index (κ3) is 3.16. The number of hydrogen-bond donors (Lipinski definition) is 1. The first-order valence-corrected chi connectivity index (χ1v) is 9.13. The van der Waals surface area contributed by atoms with Crippen molar-refractivity contribution in [2.75, 3.05) is 27.7 Å². The molecule has 0 spiro atoms. The van der Waals surface area contributed by atoms with Crippen LogP contribution in [0, 0.1) is 5.92 Å². The van der Waals surface area contributed by atoms with Gasteiger partial charge in [0.05, 0.1) is 0 Å². The molecule has 4 atom stereocenters. The lowest BCUT2D eigenvalue weighted by Gasteiger charge is -2.47. The SMILES string of the molecule is CC1CCCC(CNC2CC3CCC(C2)N3C)(N(C)C)C1. The fourth-order valence-electron chi connectivity index (χ4n) is 5.27. The zero-order valence-electron chi connectivity index (χ0n) is 14.6. The van der Waals surface area contributed by atoms with E-state index >= 15 is 0 Å². The van der Waals surface area contributed by atoms with Crippen LogP contribution < -0.4 is 5.32 Å². The molecule has 3 nitrogen and oxygen atoms in total. The molecule has 0 aromatic heterocycles. The van der Waals surface area contributed by atoms with E-state index in [1.54, 1.807) is 0 Å². The van der Waals surface area contributed by atoms with Gasteiger partial charge in [-0.3, -0.25) is 0 Å². The Morgan fingerprint density at radius 1 is 1.14 bits per heavy atom. The van der Waals surface area contributed by atoms with E-state index in [0.29, 0.717) is 5.54 Å². The first kappa shape index (κ1) is 15.8. The zero-order valence-corrected chi connectivity index (χ0v) is 14.6. The summed E-state index contributed by atoms with van der Waals surface area (Å²) in [5.41, 5.74) is 0.403. The minimum atomic E-state index is 0.403. The van der Waals surface area contributed by atoms with Crippen LogP contribution >= 0.6 is 0 Å². The minimum Gasteiger partial charge on any atom is -0.312 e. The zero-order chi connectivity index (χ0) is 15.0. The highest BCUT2D eigenvalue weighted by Crippen LogP contribution is 2.37. The summed E-state index contributed by atoms with van der Waals surface area (Å²) in [6.45, 7) is 3.63.